The van der Waals surface area contributed by atoms with Gasteiger partial charge >= 0.3 is 0 Å². The van der Waals surface area contributed by atoms with Crippen LogP contribution < -0.4 is 16.0 Å². The third kappa shape index (κ3) is 3.29. The number of nitrogens with one attached hydrogen (secondary N) is 1. The van der Waals surface area contributed by atoms with Gasteiger partial charge in [-0.3, -0.25) is 14.9 Å². The summed E-state index contributed by atoms with van der Waals surface area (Å²) in [7, 11) is 0. The Balaban J connectivity index is 2.21. The van der Waals surface area contributed by atoms with Crippen LogP contribution in [-0.2, 0) is 9.53 Å². The molecule has 2 amide bonds. The number of imide groups is 1. The average molecular weight is 280 g/mol. The molecule has 108 valence electrons. The summed E-state index contributed by atoms with van der Waals surface area (Å²) in [6.07, 6.45) is 0.549. The molecule has 2 heterocycles. The number of aliphatic hydroxyl groups is 1. The van der Waals surface area contributed by atoms with Gasteiger partial charge in [0.25, 0.3) is 5.91 Å². The van der Waals surface area contributed by atoms with Gasteiger partial charge in [-0.1, -0.05) is 0 Å². The first-order valence-corrected chi connectivity index (χ1v) is 6.15. The average Bonchev–Trinajstić information content (AvgIpc) is 2.47. The molecule has 20 heavy (non-hydrogen) atoms. The molecule has 4 N–H and O–H groups in total. The molecular weight excluding hydrogens is 264 g/mol. The van der Waals surface area contributed by atoms with Gasteiger partial charge in [0, 0.05) is 12.7 Å². The first-order valence-electron chi connectivity index (χ1n) is 6.15. The number of carbonyl (C=O) groups is 2. The molecule has 0 radical (unpaired) electrons. The van der Waals surface area contributed by atoms with Crippen LogP contribution in [-0.4, -0.2) is 54.4 Å². The van der Waals surface area contributed by atoms with Gasteiger partial charge in [0.1, 0.15) is 0 Å². The third-order valence-corrected chi connectivity index (χ3v) is 2.83. The lowest BCUT2D eigenvalue weighted by atomic mass is 10.2. The number of amides is 2. The minimum Gasteiger partial charge on any atom is -0.366 e. The summed E-state index contributed by atoms with van der Waals surface area (Å²) in [5.74, 6) is -1.19. The summed E-state index contributed by atoms with van der Waals surface area (Å²) < 4.78 is 5.03. The molecule has 0 aromatic carbocycles. The highest BCUT2D eigenvalue weighted by Crippen LogP contribution is 2.20. The van der Waals surface area contributed by atoms with Crippen LogP contribution in [0, 0.1) is 0 Å². The lowest BCUT2D eigenvalue weighted by molar-refractivity contribution is -0.118. The van der Waals surface area contributed by atoms with E-state index < -0.39 is 18.1 Å². The molecular formula is C12H16N4O4. The molecule has 8 heteroatoms. The number of nitrogens with two attached hydrogens (primary N) is 1. The normalized spacial score (nSPS) is 18.7. The summed E-state index contributed by atoms with van der Waals surface area (Å²) >= 11 is 0. The van der Waals surface area contributed by atoms with E-state index in [-0.39, 0.29) is 18.8 Å². The van der Waals surface area contributed by atoms with E-state index in [9.17, 15) is 14.7 Å². The molecule has 1 aromatic heterocycles. The number of β-amino-alcohol motifs (C(OH)–C–C–N with tert-alkyl or cyclic N) is 1. The van der Waals surface area contributed by atoms with E-state index in [1.165, 1.54) is 6.20 Å². The minimum absolute atomic E-state index is 0.114. The summed E-state index contributed by atoms with van der Waals surface area (Å²) in [5, 5.41) is 11.6. The molecule has 1 saturated heterocycles. The molecule has 0 spiro atoms. The molecule has 1 unspecified atom stereocenters. The van der Waals surface area contributed by atoms with E-state index >= 15 is 0 Å². The maximum atomic E-state index is 12.0. The molecule has 8 nitrogen and oxygen atoms in total. The number of ether oxygens (including phenoxy) is 1. The van der Waals surface area contributed by atoms with Gasteiger partial charge in [0.05, 0.1) is 25.4 Å². The van der Waals surface area contributed by atoms with E-state index in [2.05, 4.69) is 10.3 Å². The molecule has 1 aliphatic heterocycles. The highest BCUT2D eigenvalue weighted by Gasteiger charge is 2.23. The van der Waals surface area contributed by atoms with Crippen molar-refractivity contribution in [2.75, 3.05) is 31.1 Å². The van der Waals surface area contributed by atoms with Crippen LogP contribution in [0.15, 0.2) is 18.3 Å². The van der Waals surface area contributed by atoms with Crippen LogP contribution >= 0.6 is 0 Å². The van der Waals surface area contributed by atoms with Gasteiger partial charge in [-0.05, 0) is 12.1 Å². The zero-order valence-electron chi connectivity index (χ0n) is 10.8. The second-order valence-corrected chi connectivity index (χ2v) is 4.22. The van der Waals surface area contributed by atoms with Crippen molar-refractivity contribution >= 4 is 17.5 Å². The first kappa shape index (κ1) is 14.4. The number of hydrogen-bond donors (Lipinski definition) is 3. The standard InChI is InChI=1S/C12H16N4O4/c13-6-9(17)15-12(19)11-8(2-1-3-14-11)16-4-5-20-10(18)7-16/h1-3,10,18H,4-7,13H2,(H,15,17,19). The molecule has 0 bridgehead atoms. The second kappa shape index (κ2) is 6.42. The number of aliphatic hydroxyl groups excluding tert-OH is 1. The maximum absolute atomic E-state index is 12.0. The fourth-order valence-electron chi connectivity index (χ4n) is 1.91. The number of carbonyl (C=O) groups excluding carboxylic acids is 2. The highest BCUT2D eigenvalue weighted by atomic mass is 16.6. The van der Waals surface area contributed by atoms with Gasteiger partial charge in [-0.15, -0.1) is 0 Å². The molecule has 2 rings (SSSR count). The monoisotopic (exact) mass is 280 g/mol. The Hall–Kier alpha value is -2.03. The topological polar surface area (TPSA) is 118 Å². The summed E-state index contributed by atoms with van der Waals surface area (Å²) in [5.41, 5.74) is 5.81. The largest absolute Gasteiger partial charge is 0.366 e. The fourth-order valence-corrected chi connectivity index (χ4v) is 1.91. The van der Waals surface area contributed by atoms with Gasteiger partial charge < -0.3 is 20.5 Å². The Morgan fingerprint density at radius 1 is 1.60 bits per heavy atom. The number of rotatable bonds is 3. The van der Waals surface area contributed by atoms with Crippen molar-refractivity contribution in [2.24, 2.45) is 5.73 Å². The lowest BCUT2D eigenvalue weighted by Crippen LogP contribution is -2.44. The van der Waals surface area contributed by atoms with Crippen LogP contribution in [0.3, 0.4) is 0 Å². The summed E-state index contributed by atoms with van der Waals surface area (Å²) in [6.45, 7) is 0.827. The number of hydrogen-bond acceptors (Lipinski definition) is 7. The van der Waals surface area contributed by atoms with E-state index in [0.29, 0.717) is 18.8 Å². The van der Waals surface area contributed by atoms with E-state index in [0.717, 1.165) is 0 Å². The zero-order chi connectivity index (χ0) is 14.5. The first-order chi connectivity index (χ1) is 9.61. The van der Waals surface area contributed by atoms with Crippen molar-refractivity contribution < 1.29 is 19.4 Å². The number of morpholine rings is 1. The predicted molar refractivity (Wildman–Crippen MR) is 69.9 cm³/mol. The SMILES string of the molecule is NCC(=O)NC(=O)c1ncccc1N1CCOC(O)C1. The Morgan fingerprint density at radius 2 is 2.40 bits per heavy atom. The maximum Gasteiger partial charge on any atom is 0.278 e. The molecule has 1 aromatic rings. The van der Waals surface area contributed by atoms with E-state index in [1.54, 1.807) is 17.0 Å². The van der Waals surface area contributed by atoms with Gasteiger partial charge in [-0.2, -0.15) is 0 Å². The van der Waals surface area contributed by atoms with Crippen molar-refractivity contribution in [2.45, 2.75) is 6.29 Å². The molecule has 1 fully saturated rings. The lowest BCUT2D eigenvalue weighted by Gasteiger charge is -2.32. The van der Waals surface area contributed by atoms with E-state index in [1.807, 2.05) is 0 Å². The summed E-state index contributed by atoms with van der Waals surface area (Å²) in [6, 6.07) is 3.38. The number of aromatic nitrogens is 1. The van der Waals surface area contributed by atoms with E-state index in [4.69, 9.17) is 10.5 Å². The van der Waals surface area contributed by atoms with Gasteiger partial charge in [0.15, 0.2) is 12.0 Å². The van der Waals surface area contributed by atoms with Crippen molar-refractivity contribution in [1.29, 1.82) is 0 Å². The van der Waals surface area contributed by atoms with Crippen molar-refractivity contribution in [3.05, 3.63) is 24.0 Å². The molecule has 1 aliphatic rings. The van der Waals surface area contributed by atoms with Crippen molar-refractivity contribution in [1.82, 2.24) is 10.3 Å². The van der Waals surface area contributed by atoms with Crippen LogP contribution in [0.5, 0.6) is 0 Å². The predicted octanol–water partition coefficient (Wildman–Crippen LogP) is -1.55. The van der Waals surface area contributed by atoms with Crippen LogP contribution in [0.1, 0.15) is 10.5 Å². The Kier molecular flexibility index (Phi) is 4.61. The zero-order valence-corrected chi connectivity index (χ0v) is 10.8. The minimum atomic E-state index is -0.912. The van der Waals surface area contributed by atoms with Gasteiger partial charge in [0.2, 0.25) is 5.91 Å². The van der Waals surface area contributed by atoms with Crippen LogP contribution in [0.25, 0.3) is 0 Å². The second-order valence-electron chi connectivity index (χ2n) is 4.22. The van der Waals surface area contributed by atoms with Crippen molar-refractivity contribution in [3.63, 3.8) is 0 Å². The molecule has 0 saturated carbocycles. The van der Waals surface area contributed by atoms with Gasteiger partial charge in [-0.25, -0.2) is 4.98 Å². The Bertz CT molecular complexity index is 508. The summed E-state index contributed by atoms with van der Waals surface area (Å²) in [4.78, 5) is 28.9. The van der Waals surface area contributed by atoms with Crippen LogP contribution in [0.4, 0.5) is 5.69 Å². The Morgan fingerprint density at radius 3 is 3.10 bits per heavy atom. The van der Waals surface area contributed by atoms with Crippen LogP contribution in [0.2, 0.25) is 0 Å². The molecule has 0 aliphatic carbocycles. The quantitative estimate of drug-likeness (QED) is 0.613. The highest BCUT2D eigenvalue weighted by molar-refractivity contribution is 6.07. The molecule has 1 atom stereocenters. The number of nitrogens with zero attached hydrogens (tertiary/aromatic N) is 2. The third-order valence-electron chi connectivity index (χ3n) is 2.83. The Labute approximate surface area is 115 Å². The smallest absolute Gasteiger partial charge is 0.278 e. The number of pyridine rings is 1. The number of anilines is 1. The fraction of sp³-hybridized carbons (Fsp3) is 0.417. The van der Waals surface area contributed by atoms with Crippen molar-refractivity contribution in [3.8, 4) is 0 Å².